The number of unbranched alkanes of at least 4 members (excludes halogenated alkanes) is 6. The van der Waals surface area contributed by atoms with Gasteiger partial charge in [-0.15, -0.1) is 0 Å². The first kappa shape index (κ1) is 22.6. The smallest absolute Gasteiger partial charge is 0.209 e. The van der Waals surface area contributed by atoms with Crippen LogP contribution in [0.1, 0.15) is 84.5 Å². The number of allylic oxidation sites excluding steroid dienone is 2. The molecule has 0 aliphatic carbocycles. The highest BCUT2D eigenvalue weighted by molar-refractivity contribution is 5.78. The zero-order chi connectivity index (χ0) is 18.0. The summed E-state index contributed by atoms with van der Waals surface area (Å²) in [6.45, 7) is 8.54. The number of hydrogen-bond acceptors (Lipinski definition) is 3. The molecule has 0 aliphatic rings. The molecular formula is C20H36N2O2. The molecule has 0 rings (SSSR count). The van der Waals surface area contributed by atoms with Gasteiger partial charge in [0.05, 0.1) is 0 Å². The Morgan fingerprint density at radius 1 is 1.04 bits per heavy atom. The predicted molar refractivity (Wildman–Crippen MR) is 101 cm³/mol. The Kier molecular flexibility index (Phi) is 15.4. The zero-order valence-corrected chi connectivity index (χ0v) is 15.7. The SMILES string of the molecule is C=C/C=C/[N+]([O-])=NCCCCCCCC(=O)CCCCCC(C)C. The first-order valence-electron chi connectivity index (χ1n) is 9.51. The van der Waals surface area contributed by atoms with E-state index in [0.29, 0.717) is 17.2 Å². The third kappa shape index (κ3) is 16.9. The van der Waals surface area contributed by atoms with Crippen LogP contribution in [0.4, 0.5) is 0 Å². The number of ketones is 1. The van der Waals surface area contributed by atoms with Crippen molar-refractivity contribution in [2.75, 3.05) is 6.54 Å². The molecule has 0 aliphatic heterocycles. The van der Waals surface area contributed by atoms with Crippen molar-refractivity contribution in [2.24, 2.45) is 11.0 Å². The highest BCUT2D eigenvalue weighted by Crippen LogP contribution is 2.12. The normalized spacial score (nSPS) is 12.2. The molecule has 0 aromatic heterocycles. The fourth-order valence-corrected chi connectivity index (χ4v) is 2.49. The predicted octanol–water partition coefficient (Wildman–Crippen LogP) is 6.16. The lowest BCUT2D eigenvalue weighted by atomic mass is 10.0. The molecule has 0 atom stereocenters. The van der Waals surface area contributed by atoms with Crippen LogP contribution in [0, 0.1) is 11.1 Å². The van der Waals surface area contributed by atoms with Gasteiger partial charge in [0.25, 0.3) is 0 Å². The van der Waals surface area contributed by atoms with Gasteiger partial charge >= 0.3 is 0 Å². The van der Waals surface area contributed by atoms with Gasteiger partial charge in [-0.05, 0) is 30.3 Å². The standard InChI is InChI=1S/C20H36N2O2/c1-4-5-18-22(24)21-17-13-8-6-7-11-15-20(23)16-12-9-10-14-19(2)3/h4-5,18-19H,1,6-17H2,2-3H3/b18-5+,22-21?. The van der Waals surface area contributed by atoms with E-state index in [1.54, 1.807) is 12.2 Å². The Hall–Kier alpha value is -1.45. The van der Waals surface area contributed by atoms with Crippen molar-refractivity contribution in [1.29, 1.82) is 0 Å². The first-order valence-corrected chi connectivity index (χ1v) is 9.51. The third-order valence-corrected chi connectivity index (χ3v) is 3.94. The van der Waals surface area contributed by atoms with E-state index in [1.165, 1.54) is 25.5 Å². The van der Waals surface area contributed by atoms with Gasteiger partial charge in [0.2, 0.25) is 6.20 Å². The number of nitrogens with zero attached hydrogens (tertiary/aromatic N) is 2. The van der Waals surface area contributed by atoms with Crippen LogP contribution in [0.15, 0.2) is 30.0 Å². The van der Waals surface area contributed by atoms with Crippen LogP contribution in [-0.4, -0.2) is 17.2 Å². The number of rotatable bonds is 16. The van der Waals surface area contributed by atoms with Gasteiger partial charge in [-0.3, -0.25) is 4.79 Å². The molecule has 0 heterocycles. The first-order chi connectivity index (χ1) is 11.6. The van der Waals surface area contributed by atoms with E-state index >= 15 is 0 Å². The molecular weight excluding hydrogens is 300 g/mol. The van der Waals surface area contributed by atoms with Gasteiger partial charge in [-0.1, -0.05) is 69.9 Å². The maximum atomic E-state index is 11.8. The molecule has 0 amide bonds. The maximum absolute atomic E-state index is 11.8. The molecule has 0 N–H and O–H groups in total. The van der Waals surface area contributed by atoms with Crippen LogP contribution in [0.25, 0.3) is 0 Å². The second-order valence-corrected chi connectivity index (χ2v) is 6.79. The summed E-state index contributed by atoms with van der Waals surface area (Å²) >= 11 is 0. The summed E-state index contributed by atoms with van der Waals surface area (Å²) in [5.74, 6) is 1.19. The molecule has 0 aromatic carbocycles. The van der Waals surface area contributed by atoms with Crippen molar-refractivity contribution < 1.29 is 9.66 Å². The van der Waals surface area contributed by atoms with E-state index in [9.17, 15) is 10.0 Å². The molecule has 24 heavy (non-hydrogen) atoms. The highest BCUT2D eigenvalue weighted by atomic mass is 16.5. The van der Waals surface area contributed by atoms with Crippen LogP contribution >= 0.6 is 0 Å². The second kappa shape index (κ2) is 16.4. The largest absolute Gasteiger partial charge is 0.595 e. The fraction of sp³-hybridized carbons (Fsp3) is 0.750. The van der Waals surface area contributed by atoms with Gasteiger partial charge in [-0.2, -0.15) is 0 Å². The Labute approximate surface area is 148 Å². The van der Waals surface area contributed by atoms with Crippen molar-refractivity contribution in [1.82, 2.24) is 0 Å². The molecule has 0 radical (unpaired) electrons. The maximum Gasteiger partial charge on any atom is 0.209 e. The van der Waals surface area contributed by atoms with Gasteiger partial charge in [0, 0.05) is 18.9 Å². The van der Waals surface area contributed by atoms with Crippen LogP contribution in [0.2, 0.25) is 0 Å². The molecule has 0 spiro atoms. The molecule has 0 bridgehead atoms. The number of carbonyl (C=O) groups is 1. The number of hydroxylamine groups is 1. The molecule has 0 aromatic rings. The lowest BCUT2D eigenvalue weighted by Gasteiger charge is -2.04. The van der Waals surface area contributed by atoms with E-state index in [0.717, 1.165) is 57.3 Å². The summed E-state index contributed by atoms with van der Waals surface area (Å²) in [6, 6.07) is 0. The summed E-state index contributed by atoms with van der Waals surface area (Å²) in [6.07, 6.45) is 15.9. The molecule has 0 saturated carbocycles. The summed E-state index contributed by atoms with van der Waals surface area (Å²) in [7, 11) is 0. The monoisotopic (exact) mass is 336 g/mol. The van der Waals surface area contributed by atoms with Crippen LogP contribution in [-0.2, 0) is 4.79 Å². The average molecular weight is 337 g/mol. The summed E-state index contributed by atoms with van der Waals surface area (Å²) in [5, 5.41) is 15.0. The van der Waals surface area contributed by atoms with E-state index in [4.69, 9.17) is 0 Å². The van der Waals surface area contributed by atoms with E-state index < -0.39 is 0 Å². The molecule has 4 nitrogen and oxygen atoms in total. The van der Waals surface area contributed by atoms with Crippen molar-refractivity contribution in [3.63, 3.8) is 0 Å². The quantitative estimate of drug-likeness (QED) is 0.111. The van der Waals surface area contributed by atoms with Gasteiger partial charge in [0.15, 0.2) is 0 Å². The Morgan fingerprint density at radius 3 is 2.25 bits per heavy atom. The Balaban J connectivity index is 3.39. The van der Waals surface area contributed by atoms with Gasteiger partial charge in [-0.25, -0.2) is 0 Å². The number of carbonyl (C=O) groups excluding carboxylic acids is 1. The number of Topliss-reactive ketones (excluding diaryl/α,β-unsaturated/α-hetero) is 1. The topological polar surface area (TPSA) is 55.5 Å². The number of azo groups is 1. The van der Waals surface area contributed by atoms with E-state index in [2.05, 4.69) is 25.5 Å². The van der Waals surface area contributed by atoms with E-state index in [-0.39, 0.29) is 0 Å². The van der Waals surface area contributed by atoms with Crippen LogP contribution in [0.5, 0.6) is 0 Å². The lowest BCUT2D eigenvalue weighted by molar-refractivity contribution is -0.459. The molecule has 0 fully saturated rings. The lowest BCUT2D eigenvalue weighted by Crippen LogP contribution is -1.98. The summed E-state index contributed by atoms with van der Waals surface area (Å²) < 4.78 is 0. The number of hydrogen-bond donors (Lipinski definition) is 0. The van der Waals surface area contributed by atoms with Crippen molar-refractivity contribution in [3.05, 3.63) is 30.1 Å². The van der Waals surface area contributed by atoms with E-state index in [1.807, 2.05) is 0 Å². The van der Waals surface area contributed by atoms with Gasteiger partial charge < -0.3 is 5.21 Å². The minimum atomic E-state index is 0.422. The Morgan fingerprint density at radius 2 is 1.62 bits per heavy atom. The Bertz CT molecular complexity index is 387. The van der Waals surface area contributed by atoms with Crippen molar-refractivity contribution >= 4 is 5.78 Å². The second-order valence-electron chi connectivity index (χ2n) is 6.79. The zero-order valence-electron chi connectivity index (χ0n) is 15.7. The van der Waals surface area contributed by atoms with Crippen LogP contribution in [0.3, 0.4) is 0 Å². The molecule has 0 saturated heterocycles. The fourth-order valence-electron chi connectivity index (χ4n) is 2.49. The molecule has 138 valence electrons. The van der Waals surface area contributed by atoms with Crippen LogP contribution < -0.4 is 0 Å². The average Bonchev–Trinajstić information content (AvgIpc) is 2.54. The third-order valence-electron chi connectivity index (χ3n) is 3.94. The highest BCUT2D eigenvalue weighted by Gasteiger charge is 2.02. The molecule has 4 heteroatoms. The van der Waals surface area contributed by atoms with Crippen molar-refractivity contribution in [2.45, 2.75) is 84.5 Å². The molecule has 0 unspecified atom stereocenters. The van der Waals surface area contributed by atoms with Crippen molar-refractivity contribution in [3.8, 4) is 0 Å². The summed E-state index contributed by atoms with van der Waals surface area (Å²) in [5.41, 5.74) is 0. The minimum absolute atomic E-state index is 0.422. The summed E-state index contributed by atoms with van der Waals surface area (Å²) in [4.78, 5) is 12.4. The minimum Gasteiger partial charge on any atom is -0.595 e. The van der Waals surface area contributed by atoms with Gasteiger partial charge in [0.1, 0.15) is 12.3 Å².